The van der Waals surface area contributed by atoms with Crippen molar-refractivity contribution in [3.8, 4) is 11.4 Å². The minimum atomic E-state index is -1.23. The van der Waals surface area contributed by atoms with Gasteiger partial charge in [-0.3, -0.25) is 23.0 Å². The van der Waals surface area contributed by atoms with Crippen LogP contribution in [0.3, 0.4) is 0 Å². The van der Waals surface area contributed by atoms with Crippen LogP contribution in [-0.4, -0.2) is 72.5 Å². The molecule has 0 atom stereocenters. The average Bonchev–Trinajstić information content (AvgIpc) is 3.61. The molecule has 37 heavy (non-hydrogen) atoms. The van der Waals surface area contributed by atoms with Gasteiger partial charge in [0.1, 0.15) is 12.6 Å². The average molecular weight is 525 g/mol. The summed E-state index contributed by atoms with van der Waals surface area (Å²) in [7, 11) is -1.23. The van der Waals surface area contributed by atoms with Gasteiger partial charge in [-0.2, -0.15) is 5.10 Å². The van der Waals surface area contributed by atoms with Gasteiger partial charge < -0.3 is 9.64 Å². The highest BCUT2D eigenvalue weighted by molar-refractivity contribution is 6.76. The minimum absolute atomic E-state index is 0.0828. The van der Waals surface area contributed by atoms with E-state index < -0.39 is 8.07 Å². The zero-order valence-corrected chi connectivity index (χ0v) is 23.7. The Bertz CT molecular complexity index is 1400. The summed E-state index contributed by atoms with van der Waals surface area (Å²) in [5.41, 5.74) is 1.96. The number of hydrogen-bond acceptors (Lipinski definition) is 6. The Morgan fingerprint density at radius 2 is 1.86 bits per heavy atom. The van der Waals surface area contributed by atoms with Crippen LogP contribution < -0.4 is 5.56 Å². The van der Waals surface area contributed by atoms with E-state index >= 15 is 0 Å². The van der Waals surface area contributed by atoms with Crippen molar-refractivity contribution in [2.45, 2.75) is 78.1 Å². The molecule has 0 spiro atoms. The zero-order chi connectivity index (χ0) is 26.0. The standard InChI is InChI=1S/C26H40N8O2Si/c1-5-10-33-25(35)22-24(32-13-9-27-26(32)33)29-23(34(22)20-36-16-17-37(2,3)4)21-18-28-31(19-21)15-14-30-11-7-6-8-12-30/h9,13,18-19H,5-8,10-12,14-17,20H2,1-4H3. The first-order chi connectivity index (χ1) is 17.9. The number of aromatic nitrogens is 7. The van der Waals surface area contributed by atoms with Crippen molar-refractivity contribution in [1.29, 1.82) is 0 Å². The second-order valence-electron chi connectivity index (χ2n) is 11.3. The molecule has 10 nitrogen and oxygen atoms in total. The predicted octanol–water partition coefficient (Wildman–Crippen LogP) is 3.92. The number of nitrogens with zero attached hydrogens (tertiary/aromatic N) is 8. The zero-order valence-electron chi connectivity index (χ0n) is 22.7. The summed E-state index contributed by atoms with van der Waals surface area (Å²) in [5, 5.41) is 4.64. The monoisotopic (exact) mass is 524 g/mol. The molecular formula is C26H40N8O2Si. The number of hydrogen-bond donors (Lipinski definition) is 0. The fourth-order valence-electron chi connectivity index (χ4n) is 5.03. The van der Waals surface area contributed by atoms with Gasteiger partial charge in [-0.05, 0) is 38.4 Å². The number of aryl methyl sites for hydroxylation is 1. The van der Waals surface area contributed by atoms with E-state index in [4.69, 9.17) is 9.72 Å². The van der Waals surface area contributed by atoms with Crippen LogP contribution in [0.1, 0.15) is 32.6 Å². The molecule has 11 heteroatoms. The molecule has 0 unspecified atom stereocenters. The van der Waals surface area contributed by atoms with Crippen LogP contribution >= 0.6 is 0 Å². The first kappa shape index (κ1) is 25.9. The molecule has 1 fully saturated rings. The van der Waals surface area contributed by atoms with Crippen LogP contribution in [0.2, 0.25) is 25.7 Å². The third-order valence-corrected chi connectivity index (χ3v) is 8.84. The van der Waals surface area contributed by atoms with Gasteiger partial charge >= 0.3 is 0 Å². The predicted molar refractivity (Wildman–Crippen MR) is 149 cm³/mol. The summed E-state index contributed by atoms with van der Waals surface area (Å²) in [6, 6.07) is 1.06. The van der Waals surface area contributed by atoms with Gasteiger partial charge in [0.2, 0.25) is 5.78 Å². The van der Waals surface area contributed by atoms with Gasteiger partial charge in [-0.25, -0.2) is 9.97 Å². The fourth-order valence-corrected chi connectivity index (χ4v) is 5.79. The van der Waals surface area contributed by atoms with E-state index in [0.717, 1.165) is 31.1 Å². The summed E-state index contributed by atoms with van der Waals surface area (Å²) in [4.78, 5) is 25.7. The molecule has 1 aliphatic heterocycles. The van der Waals surface area contributed by atoms with Crippen LogP contribution in [-0.2, 0) is 24.6 Å². The van der Waals surface area contributed by atoms with E-state index in [2.05, 4.69) is 41.5 Å². The molecule has 0 aliphatic carbocycles. The summed E-state index contributed by atoms with van der Waals surface area (Å²) < 4.78 is 13.7. The van der Waals surface area contributed by atoms with Gasteiger partial charge in [-0.1, -0.05) is 33.0 Å². The van der Waals surface area contributed by atoms with Gasteiger partial charge in [0.25, 0.3) is 5.56 Å². The molecule has 1 saturated heterocycles. The lowest BCUT2D eigenvalue weighted by Crippen LogP contribution is -2.32. The van der Waals surface area contributed by atoms with Crippen LogP contribution in [0.5, 0.6) is 0 Å². The van der Waals surface area contributed by atoms with E-state index in [1.54, 1.807) is 10.8 Å². The van der Waals surface area contributed by atoms with Gasteiger partial charge in [0.05, 0.1) is 18.3 Å². The Morgan fingerprint density at radius 3 is 2.62 bits per heavy atom. The number of ether oxygens (including phenoxy) is 1. The number of imidazole rings is 2. The van der Waals surface area contributed by atoms with Crippen molar-refractivity contribution in [2.75, 3.05) is 26.2 Å². The lowest BCUT2D eigenvalue weighted by molar-refractivity contribution is 0.0908. The first-order valence-corrected chi connectivity index (χ1v) is 17.4. The molecule has 0 bridgehead atoms. The second kappa shape index (κ2) is 10.9. The highest BCUT2D eigenvalue weighted by Gasteiger charge is 2.22. The highest BCUT2D eigenvalue weighted by Crippen LogP contribution is 2.24. The maximum atomic E-state index is 13.7. The van der Waals surface area contributed by atoms with E-state index in [9.17, 15) is 4.79 Å². The maximum Gasteiger partial charge on any atom is 0.281 e. The molecule has 0 saturated carbocycles. The Hall–Kier alpha value is -2.76. The third kappa shape index (κ3) is 5.58. The number of likely N-dealkylation sites (tertiary alicyclic amines) is 1. The summed E-state index contributed by atoms with van der Waals surface area (Å²) in [5.74, 6) is 1.32. The van der Waals surface area contributed by atoms with E-state index in [1.165, 1.54) is 32.4 Å². The van der Waals surface area contributed by atoms with Crippen LogP contribution in [0.15, 0.2) is 29.6 Å². The van der Waals surface area contributed by atoms with Gasteiger partial charge in [0.15, 0.2) is 11.2 Å². The van der Waals surface area contributed by atoms with E-state index in [-0.39, 0.29) is 12.3 Å². The van der Waals surface area contributed by atoms with Crippen molar-refractivity contribution in [3.05, 3.63) is 35.1 Å². The lowest BCUT2D eigenvalue weighted by Gasteiger charge is -2.26. The lowest BCUT2D eigenvalue weighted by atomic mass is 10.1. The minimum Gasteiger partial charge on any atom is -0.361 e. The summed E-state index contributed by atoms with van der Waals surface area (Å²) in [6.45, 7) is 14.8. The van der Waals surface area contributed by atoms with Crippen molar-refractivity contribution < 1.29 is 4.74 Å². The Kier molecular flexibility index (Phi) is 7.64. The SMILES string of the molecule is CCCn1c(=O)c2c(nc(-c3cnn(CCN4CCCCC4)c3)n2COCC[Si](C)(C)C)n2ccnc12. The quantitative estimate of drug-likeness (QED) is 0.218. The van der Waals surface area contributed by atoms with Crippen molar-refractivity contribution in [2.24, 2.45) is 0 Å². The van der Waals surface area contributed by atoms with Crippen molar-refractivity contribution in [3.63, 3.8) is 0 Å². The third-order valence-electron chi connectivity index (χ3n) is 7.14. The smallest absolute Gasteiger partial charge is 0.281 e. The summed E-state index contributed by atoms with van der Waals surface area (Å²) >= 11 is 0. The molecule has 0 aromatic carbocycles. The molecule has 5 heterocycles. The van der Waals surface area contributed by atoms with E-state index in [0.29, 0.717) is 35.9 Å². The molecule has 1 aliphatic rings. The van der Waals surface area contributed by atoms with Crippen LogP contribution in [0.4, 0.5) is 0 Å². The van der Waals surface area contributed by atoms with Gasteiger partial charge in [0, 0.05) is 46.4 Å². The van der Waals surface area contributed by atoms with Crippen LogP contribution in [0, 0.1) is 0 Å². The van der Waals surface area contributed by atoms with E-state index in [1.807, 2.05) is 32.2 Å². The van der Waals surface area contributed by atoms with Crippen LogP contribution in [0.25, 0.3) is 28.3 Å². The number of fused-ring (bicyclic) bond motifs is 3. The maximum absolute atomic E-state index is 13.7. The Morgan fingerprint density at radius 1 is 1.05 bits per heavy atom. The fraction of sp³-hybridized carbons (Fsp3) is 0.615. The Balaban J connectivity index is 1.51. The normalized spacial score (nSPS) is 15.4. The molecule has 0 N–H and O–H groups in total. The Labute approximate surface area is 218 Å². The first-order valence-electron chi connectivity index (χ1n) is 13.6. The highest BCUT2D eigenvalue weighted by atomic mass is 28.3. The molecule has 4 aromatic rings. The van der Waals surface area contributed by atoms with Crippen molar-refractivity contribution in [1.82, 2.24) is 38.2 Å². The molecular weight excluding hydrogens is 484 g/mol. The largest absolute Gasteiger partial charge is 0.361 e. The summed E-state index contributed by atoms with van der Waals surface area (Å²) in [6.07, 6.45) is 12.2. The molecule has 0 radical (unpaired) electrons. The molecule has 200 valence electrons. The van der Waals surface area contributed by atoms with Crippen molar-refractivity contribution >= 4 is 25.0 Å². The topological polar surface area (TPSA) is 87.4 Å². The number of rotatable bonds is 11. The van der Waals surface area contributed by atoms with Gasteiger partial charge in [-0.15, -0.1) is 0 Å². The molecule has 0 amide bonds. The second-order valence-corrected chi connectivity index (χ2v) is 17.0. The molecule has 4 aromatic heterocycles. The molecule has 5 rings (SSSR count). The number of piperidine rings is 1.